The van der Waals surface area contributed by atoms with Gasteiger partial charge in [-0.1, -0.05) is 13.0 Å². The first kappa shape index (κ1) is 16.3. The lowest BCUT2D eigenvalue weighted by Gasteiger charge is -2.23. The predicted molar refractivity (Wildman–Crippen MR) is 85.9 cm³/mol. The Morgan fingerprint density at radius 1 is 1.50 bits per heavy atom. The van der Waals surface area contributed by atoms with Crippen LogP contribution in [0.5, 0.6) is 5.75 Å². The molecule has 1 heterocycles. The molecule has 0 bridgehead atoms. The van der Waals surface area contributed by atoms with Crippen molar-refractivity contribution < 1.29 is 14.3 Å². The lowest BCUT2D eigenvalue weighted by molar-refractivity contribution is -0.129. The highest BCUT2D eigenvalue weighted by Crippen LogP contribution is 2.28. The quantitative estimate of drug-likeness (QED) is 0.909. The van der Waals surface area contributed by atoms with Gasteiger partial charge in [0.25, 0.3) is 0 Å². The van der Waals surface area contributed by atoms with E-state index in [0.717, 1.165) is 12.0 Å². The van der Waals surface area contributed by atoms with Gasteiger partial charge in [0.1, 0.15) is 5.75 Å². The first-order valence-corrected chi connectivity index (χ1v) is 7.71. The molecule has 1 saturated heterocycles. The van der Waals surface area contributed by atoms with Gasteiger partial charge in [-0.05, 0) is 38.0 Å². The molecule has 120 valence electrons. The Balaban J connectivity index is 2.08. The van der Waals surface area contributed by atoms with Crippen LogP contribution in [0.25, 0.3) is 0 Å². The average Bonchev–Trinajstić information content (AvgIpc) is 2.89. The number of rotatable bonds is 5. The van der Waals surface area contributed by atoms with Crippen molar-refractivity contribution in [1.82, 2.24) is 4.90 Å². The lowest BCUT2D eigenvalue weighted by Crippen LogP contribution is -2.35. The fourth-order valence-electron chi connectivity index (χ4n) is 2.71. The van der Waals surface area contributed by atoms with E-state index in [1.807, 2.05) is 39.0 Å². The second kappa shape index (κ2) is 6.81. The van der Waals surface area contributed by atoms with Gasteiger partial charge in [-0.3, -0.25) is 9.59 Å². The van der Waals surface area contributed by atoms with Gasteiger partial charge in [0.2, 0.25) is 11.8 Å². The highest BCUT2D eigenvalue weighted by atomic mass is 16.5. The number of benzene rings is 1. The summed E-state index contributed by atoms with van der Waals surface area (Å²) in [4.78, 5) is 26.3. The molecule has 1 fully saturated rings. The fourth-order valence-corrected chi connectivity index (χ4v) is 2.71. The van der Waals surface area contributed by atoms with Crippen molar-refractivity contribution >= 4 is 17.5 Å². The molecule has 2 rings (SSSR count). The van der Waals surface area contributed by atoms with E-state index in [-0.39, 0.29) is 30.2 Å². The lowest BCUT2D eigenvalue weighted by atomic mass is 10.1. The maximum absolute atomic E-state index is 12.5. The van der Waals surface area contributed by atoms with E-state index in [9.17, 15) is 9.59 Å². The summed E-state index contributed by atoms with van der Waals surface area (Å²) in [5, 5.41) is 2.90. The molecular formula is C17H24N2O3. The summed E-state index contributed by atoms with van der Waals surface area (Å²) in [7, 11) is 1.57. The van der Waals surface area contributed by atoms with E-state index in [1.165, 1.54) is 0 Å². The Hall–Kier alpha value is -2.04. The second-order valence-corrected chi connectivity index (χ2v) is 5.90. The molecule has 22 heavy (non-hydrogen) atoms. The molecule has 2 amide bonds. The number of ether oxygens (including phenoxy) is 1. The topological polar surface area (TPSA) is 58.6 Å². The van der Waals surface area contributed by atoms with Gasteiger partial charge >= 0.3 is 0 Å². The summed E-state index contributed by atoms with van der Waals surface area (Å²) < 4.78 is 5.27. The largest absolute Gasteiger partial charge is 0.495 e. The number of aryl methyl sites for hydroxylation is 1. The SMILES string of the molecule is CCC(C)N1CC(C(=O)Nc2cc(C)ccc2OC)CC1=O. The van der Waals surface area contributed by atoms with E-state index in [0.29, 0.717) is 18.0 Å². The number of methoxy groups -OCH3 is 1. The molecule has 1 aliphatic rings. The minimum Gasteiger partial charge on any atom is -0.495 e. The summed E-state index contributed by atoms with van der Waals surface area (Å²) in [6.07, 6.45) is 1.18. The van der Waals surface area contributed by atoms with Crippen LogP contribution in [0, 0.1) is 12.8 Å². The molecule has 2 atom stereocenters. The average molecular weight is 304 g/mol. The third-order valence-electron chi connectivity index (χ3n) is 4.26. The smallest absolute Gasteiger partial charge is 0.229 e. The molecule has 5 nitrogen and oxygen atoms in total. The van der Waals surface area contributed by atoms with Crippen LogP contribution in [0.1, 0.15) is 32.3 Å². The van der Waals surface area contributed by atoms with Gasteiger partial charge in [-0.2, -0.15) is 0 Å². The maximum atomic E-state index is 12.5. The van der Waals surface area contributed by atoms with Crippen LogP contribution in [0.15, 0.2) is 18.2 Å². The molecular weight excluding hydrogens is 280 g/mol. The van der Waals surface area contributed by atoms with Crippen molar-refractivity contribution in [2.24, 2.45) is 5.92 Å². The number of nitrogens with one attached hydrogen (secondary N) is 1. The number of hydrogen-bond acceptors (Lipinski definition) is 3. The number of carbonyl (C=O) groups excluding carboxylic acids is 2. The van der Waals surface area contributed by atoms with Crippen LogP contribution >= 0.6 is 0 Å². The summed E-state index contributed by atoms with van der Waals surface area (Å²) in [6.45, 7) is 6.51. The molecule has 0 saturated carbocycles. The summed E-state index contributed by atoms with van der Waals surface area (Å²) >= 11 is 0. The summed E-state index contributed by atoms with van der Waals surface area (Å²) in [6, 6.07) is 5.81. The van der Waals surface area contributed by atoms with Crippen molar-refractivity contribution in [2.45, 2.75) is 39.7 Å². The van der Waals surface area contributed by atoms with Crippen molar-refractivity contribution in [3.05, 3.63) is 23.8 Å². The normalized spacial score (nSPS) is 19.2. The summed E-state index contributed by atoms with van der Waals surface area (Å²) in [5.41, 5.74) is 1.70. The van der Waals surface area contributed by atoms with Gasteiger partial charge in [0, 0.05) is 19.0 Å². The second-order valence-electron chi connectivity index (χ2n) is 5.90. The van der Waals surface area contributed by atoms with E-state index in [1.54, 1.807) is 12.0 Å². The third-order valence-corrected chi connectivity index (χ3v) is 4.26. The van der Waals surface area contributed by atoms with Crippen molar-refractivity contribution in [1.29, 1.82) is 0 Å². The van der Waals surface area contributed by atoms with Gasteiger partial charge in [0.05, 0.1) is 18.7 Å². The number of nitrogens with zero attached hydrogens (tertiary/aromatic N) is 1. The molecule has 2 unspecified atom stereocenters. The van der Waals surface area contributed by atoms with Crippen LogP contribution < -0.4 is 10.1 Å². The number of likely N-dealkylation sites (tertiary alicyclic amines) is 1. The minimum atomic E-state index is -0.299. The van der Waals surface area contributed by atoms with Crippen LogP contribution in [0.4, 0.5) is 5.69 Å². The van der Waals surface area contributed by atoms with Gasteiger partial charge in [0.15, 0.2) is 0 Å². The first-order chi connectivity index (χ1) is 10.5. The molecule has 1 aromatic carbocycles. The van der Waals surface area contributed by atoms with Crippen molar-refractivity contribution in [2.75, 3.05) is 19.0 Å². The fraction of sp³-hybridized carbons (Fsp3) is 0.529. The molecule has 1 aromatic rings. The predicted octanol–water partition coefficient (Wildman–Crippen LogP) is 2.59. The molecule has 5 heteroatoms. The molecule has 1 N–H and O–H groups in total. The third kappa shape index (κ3) is 3.40. The van der Waals surface area contributed by atoms with Gasteiger partial charge in [-0.25, -0.2) is 0 Å². The standard InChI is InChI=1S/C17H24N2O3/c1-5-12(3)19-10-13(9-16(19)20)17(21)18-14-8-11(2)6-7-15(14)22-4/h6-8,12-13H,5,9-10H2,1-4H3,(H,18,21). The van der Waals surface area contributed by atoms with Crippen molar-refractivity contribution in [3.8, 4) is 5.75 Å². The van der Waals surface area contributed by atoms with Crippen LogP contribution in [0.2, 0.25) is 0 Å². The zero-order chi connectivity index (χ0) is 16.3. The number of amides is 2. The number of hydrogen-bond donors (Lipinski definition) is 1. The minimum absolute atomic E-state index is 0.0608. The highest BCUT2D eigenvalue weighted by molar-refractivity contribution is 5.98. The van der Waals surface area contributed by atoms with E-state index in [2.05, 4.69) is 5.32 Å². The van der Waals surface area contributed by atoms with Crippen LogP contribution in [-0.4, -0.2) is 36.4 Å². The van der Waals surface area contributed by atoms with E-state index < -0.39 is 0 Å². The van der Waals surface area contributed by atoms with Crippen molar-refractivity contribution in [3.63, 3.8) is 0 Å². The summed E-state index contributed by atoms with van der Waals surface area (Å²) in [5.74, 6) is 0.266. The van der Waals surface area contributed by atoms with Crippen LogP contribution in [0.3, 0.4) is 0 Å². The zero-order valence-electron chi connectivity index (χ0n) is 13.7. The molecule has 1 aliphatic heterocycles. The first-order valence-electron chi connectivity index (χ1n) is 7.71. The zero-order valence-corrected chi connectivity index (χ0v) is 13.7. The van der Waals surface area contributed by atoms with E-state index >= 15 is 0 Å². The van der Waals surface area contributed by atoms with Gasteiger partial charge in [-0.15, -0.1) is 0 Å². The molecule has 0 spiro atoms. The molecule has 0 aliphatic carbocycles. The Kier molecular flexibility index (Phi) is 5.06. The number of anilines is 1. The van der Waals surface area contributed by atoms with Gasteiger partial charge < -0.3 is 15.0 Å². The number of carbonyl (C=O) groups is 2. The Morgan fingerprint density at radius 2 is 2.23 bits per heavy atom. The molecule has 0 aromatic heterocycles. The Bertz CT molecular complexity index is 571. The maximum Gasteiger partial charge on any atom is 0.229 e. The Labute approximate surface area is 131 Å². The van der Waals surface area contributed by atoms with Crippen LogP contribution in [-0.2, 0) is 9.59 Å². The van der Waals surface area contributed by atoms with E-state index in [4.69, 9.17) is 4.74 Å². The Morgan fingerprint density at radius 3 is 2.86 bits per heavy atom. The monoisotopic (exact) mass is 304 g/mol. The molecule has 0 radical (unpaired) electrons. The highest BCUT2D eigenvalue weighted by Gasteiger charge is 2.36.